The minimum atomic E-state index is 0.514. The lowest BCUT2D eigenvalue weighted by Crippen LogP contribution is -2.20. The fraction of sp³-hybridized carbons (Fsp3) is 0.733. The second-order valence-electron chi connectivity index (χ2n) is 5.82. The Bertz CT molecular complexity index is 397. The maximum atomic E-state index is 5.69. The van der Waals surface area contributed by atoms with E-state index in [2.05, 4.69) is 25.4 Å². The number of hydrogen-bond acceptors (Lipinski definition) is 2. The van der Waals surface area contributed by atoms with Gasteiger partial charge in [0, 0.05) is 11.6 Å². The van der Waals surface area contributed by atoms with Crippen LogP contribution in [0.3, 0.4) is 0 Å². The van der Waals surface area contributed by atoms with Crippen LogP contribution in [0.25, 0.3) is 0 Å². The van der Waals surface area contributed by atoms with E-state index in [0.29, 0.717) is 6.04 Å². The molecule has 2 aliphatic carbocycles. The van der Waals surface area contributed by atoms with E-state index in [1.54, 1.807) is 0 Å². The minimum Gasteiger partial charge on any atom is -0.466 e. The van der Waals surface area contributed by atoms with Crippen LogP contribution in [0.5, 0.6) is 0 Å². The van der Waals surface area contributed by atoms with Gasteiger partial charge < -0.3 is 9.73 Å². The normalized spacial score (nSPS) is 33.2. The third kappa shape index (κ3) is 1.83. The second-order valence-corrected chi connectivity index (χ2v) is 5.82. The lowest BCUT2D eigenvalue weighted by atomic mass is 10.0. The molecule has 1 aromatic rings. The zero-order chi connectivity index (χ0) is 12.0. The van der Waals surface area contributed by atoms with Gasteiger partial charge in [0.2, 0.25) is 0 Å². The van der Waals surface area contributed by atoms with Gasteiger partial charge >= 0.3 is 0 Å². The quantitative estimate of drug-likeness (QED) is 0.863. The second kappa shape index (κ2) is 4.16. The first kappa shape index (κ1) is 11.3. The highest BCUT2D eigenvalue weighted by atomic mass is 16.3. The maximum absolute atomic E-state index is 5.69. The third-order valence-electron chi connectivity index (χ3n) is 4.83. The van der Waals surface area contributed by atoms with E-state index >= 15 is 0 Å². The van der Waals surface area contributed by atoms with Crippen molar-refractivity contribution in [1.82, 2.24) is 5.32 Å². The van der Waals surface area contributed by atoms with Gasteiger partial charge in [-0.2, -0.15) is 0 Å². The molecule has 2 saturated carbocycles. The van der Waals surface area contributed by atoms with Crippen LogP contribution < -0.4 is 5.32 Å². The van der Waals surface area contributed by atoms with Gasteiger partial charge in [0.15, 0.2) is 0 Å². The Kier molecular flexibility index (Phi) is 2.78. The molecule has 1 heterocycles. The summed E-state index contributed by atoms with van der Waals surface area (Å²) in [6.45, 7) is 4.14. The van der Waals surface area contributed by atoms with Crippen molar-refractivity contribution >= 4 is 0 Å². The molecular weight excluding hydrogens is 210 g/mol. The molecule has 2 fully saturated rings. The molecular formula is C15H23NO. The van der Waals surface area contributed by atoms with Crippen molar-refractivity contribution in [3.05, 3.63) is 23.2 Å². The molecule has 2 aliphatic rings. The summed E-state index contributed by atoms with van der Waals surface area (Å²) in [4.78, 5) is 0. The first-order valence-corrected chi connectivity index (χ1v) is 6.96. The summed E-state index contributed by atoms with van der Waals surface area (Å²) in [7, 11) is 2.09. The van der Waals surface area contributed by atoms with Gasteiger partial charge in [0.25, 0.3) is 0 Å². The van der Waals surface area contributed by atoms with Crippen LogP contribution in [0, 0.1) is 31.6 Å². The highest BCUT2D eigenvalue weighted by Gasteiger charge is 2.54. The summed E-state index contributed by atoms with van der Waals surface area (Å²) in [5.74, 6) is 4.97. The molecule has 1 N–H and O–H groups in total. The van der Waals surface area contributed by atoms with Crippen LogP contribution in [-0.4, -0.2) is 7.05 Å². The molecule has 2 heteroatoms. The molecule has 0 aliphatic heterocycles. The average molecular weight is 233 g/mol. The zero-order valence-electron chi connectivity index (χ0n) is 11.1. The SMILES string of the molecule is CNC(c1cc(C)oc1C)C1C2CCCCC21. The molecule has 3 rings (SSSR count). The van der Waals surface area contributed by atoms with Crippen LogP contribution in [0.1, 0.15) is 48.8 Å². The van der Waals surface area contributed by atoms with Gasteiger partial charge in [-0.1, -0.05) is 12.8 Å². The molecule has 0 bridgehead atoms. The van der Waals surface area contributed by atoms with Gasteiger partial charge in [-0.15, -0.1) is 0 Å². The monoisotopic (exact) mass is 233 g/mol. The van der Waals surface area contributed by atoms with Gasteiger partial charge in [0.1, 0.15) is 11.5 Å². The number of hydrogen-bond donors (Lipinski definition) is 1. The van der Waals surface area contributed by atoms with E-state index in [0.717, 1.165) is 29.3 Å². The van der Waals surface area contributed by atoms with Gasteiger partial charge in [-0.05, 0) is 57.6 Å². The van der Waals surface area contributed by atoms with Crippen molar-refractivity contribution in [3.8, 4) is 0 Å². The molecule has 2 nitrogen and oxygen atoms in total. The maximum Gasteiger partial charge on any atom is 0.105 e. The lowest BCUT2D eigenvalue weighted by molar-refractivity contribution is 0.456. The third-order valence-corrected chi connectivity index (χ3v) is 4.83. The number of aryl methyl sites for hydroxylation is 2. The van der Waals surface area contributed by atoms with Gasteiger partial charge in [0.05, 0.1) is 0 Å². The Morgan fingerprint density at radius 1 is 1.24 bits per heavy atom. The lowest BCUT2D eigenvalue weighted by Gasteiger charge is -2.15. The Hall–Kier alpha value is -0.760. The summed E-state index contributed by atoms with van der Waals surface area (Å²) in [5, 5.41) is 3.53. The van der Waals surface area contributed by atoms with Gasteiger partial charge in [-0.25, -0.2) is 0 Å². The van der Waals surface area contributed by atoms with E-state index in [1.807, 2.05) is 6.92 Å². The molecule has 0 saturated heterocycles. The van der Waals surface area contributed by atoms with Crippen molar-refractivity contribution < 1.29 is 4.42 Å². The number of rotatable bonds is 3. The van der Waals surface area contributed by atoms with E-state index in [-0.39, 0.29) is 0 Å². The molecule has 1 aromatic heterocycles. The topological polar surface area (TPSA) is 25.2 Å². The van der Waals surface area contributed by atoms with Crippen molar-refractivity contribution in [1.29, 1.82) is 0 Å². The number of fused-ring (bicyclic) bond motifs is 1. The summed E-state index contributed by atoms with van der Waals surface area (Å²) in [6.07, 6.45) is 5.78. The Labute approximate surface area is 104 Å². The highest BCUT2D eigenvalue weighted by Crippen LogP contribution is 2.60. The molecule has 17 heavy (non-hydrogen) atoms. The van der Waals surface area contributed by atoms with E-state index in [9.17, 15) is 0 Å². The fourth-order valence-electron chi connectivity index (χ4n) is 4.06. The Morgan fingerprint density at radius 2 is 1.88 bits per heavy atom. The molecule has 0 radical (unpaired) electrons. The van der Waals surface area contributed by atoms with Crippen LogP contribution in [0.2, 0.25) is 0 Å². The molecule has 0 amide bonds. The zero-order valence-corrected chi connectivity index (χ0v) is 11.1. The predicted octanol–water partition coefficient (Wildman–Crippen LogP) is 3.59. The standard InChI is InChI=1S/C15H23NO/c1-9-8-13(10(2)17-9)15(16-3)14-11-6-4-5-7-12(11)14/h8,11-12,14-16H,4-7H2,1-3H3. The van der Waals surface area contributed by atoms with Crippen molar-refractivity contribution in [3.63, 3.8) is 0 Å². The molecule has 3 atom stereocenters. The van der Waals surface area contributed by atoms with Crippen molar-refractivity contribution in [2.24, 2.45) is 17.8 Å². The van der Waals surface area contributed by atoms with E-state index in [4.69, 9.17) is 4.42 Å². The van der Waals surface area contributed by atoms with Crippen LogP contribution in [-0.2, 0) is 0 Å². The smallest absolute Gasteiger partial charge is 0.105 e. The Morgan fingerprint density at radius 3 is 2.35 bits per heavy atom. The minimum absolute atomic E-state index is 0.514. The first-order valence-electron chi connectivity index (χ1n) is 6.96. The van der Waals surface area contributed by atoms with Crippen LogP contribution in [0.15, 0.2) is 10.5 Å². The summed E-state index contributed by atoms with van der Waals surface area (Å²) in [6, 6.07) is 2.74. The highest BCUT2D eigenvalue weighted by molar-refractivity contribution is 5.27. The number of furan rings is 1. The summed E-state index contributed by atoms with van der Waals surface area (Å²) in [5.41, 5.74) is 1.39. The van der Waals surface area contributed by atoms with E-state index < -0.39 is 0 Å². The summed E-state index contributed by atoms with van der Waals surface area (Å²) >= 11 is 0. The van der Waals surface area contributed by atoms with Crippen molar-refractivity contribution in [2.45, 2.75) is 45.6 Å². The molecule has 3 unspecified atom stereocenters. The largest absolute Gasteiger partial charge is 0.466 e. The average Bonchev–Trinajstić information content (AvgIpc) is 2.93. The van der Waals surface area contributed by atoms with Crippen LogP contribution in [0.4, 0.5) is 0 Å². The van der Waals surface area contributed by atoms with Crippen LogP contribution >= 0.6 is 0 Å². The number of nitrogens with one attached hydrogen (secondary N) is 1. The van der Waals surface area contributed by atoms with Gasteiger partial charge in [-0.3, -0.25) is 0 Å². The molecule has 0 aromatic carbocycles. The predicted molar refractivity (Wildman–Crippen MR) is 68.9 cm³/mol. The van der Waals surface area contributed by atoms with E-state index in [1.165, 1.54) is 31.2 Å². The van der Waals surface area contributed by atoms with Crippen molar-refractivity contribution in [2.75, 3.05) is 7.05 Å². The molecule has 0 spiro atoms. The summed E-state index contributed by atoms with van der Waals surface area (Å²) < 4.78 is 5.69. The molecule has 94 valence electrons. The Balaban J connectivity index is 1.82. The first-order chi connectivity index (χ1) is 8.22. The fourth-order valence-corrected chi connectivity index (χ4v) is 4.06.